The van der Waals surface area contributed by atoms with E-state index < -0.39 is 5.97 Å². The molecule has 2 rings (SSSR count). The van der Waals surface area contributed by atoms with E-state index in [1.54, 1.807) is 19.3 Å². The summed E-state index contributed by atoms with van der Waals surface area (Å²) in [5, 5.41) is 26.3. The van der Waals surface area contributed by atoms with E-state index in [1.807, 2.05) is 0 Å². The number of nitrogens with one attached hydrogen (secondary N) is 1. The number of H-pyrrole nitrogens is 1. The SMILES string of the molecule is CC(CC(=O)O)n1nnnc1-c1cn[nH]c1. The number of nitrogens with zero attached hydrogens (tertiary/aromatic N) is 5. The van der Waals surface area contributed by atoms with Gasteiger partial charge in [-0.25, -0.2) is 4.68 Å². The quantitative estimate of drug-likeness (QED) is 0.759. The van der Waals surface area contributed by atoms with Gasteiger partial charge in [0, 0.05) is 6.20 Å². The van der Waals surface area contributed by atoms with Crippen molar-refractivity contribution in [2.45, 2.75) is 19.4 Å². The van der Waals surface area contributed by atoms with Gasteiger partial charge in [0.1, 0.15) is 0 Å². The number of aliphatic carboxylic acids is 1. The molecular formula is C8H10N6O2. The van der Waals surface area contributed by atoms with Crippen molar-refractivity contribution in [2.75, 3.05) is 0 Å². The molecule has 0 spiro atoms. The molecule has 2 heterocycles. The molecule has 0 saturated carbocycles. The van der Waals surface area contributed by atoms with Gasteiger partial charge in [-0.15, -0.1) is 5.10 Å². The number of carboxylic acid groups (broad SMARTS) is 1. The molecule has 0 fully saturated rings. The molecule has 8 nitrogen and oxygen atoms in total. The molecular weight excluding hydrogens is 212 g/mol. The second-order valence-corrected chi connectivity index (χ2v) is 3.38. The van der Waals surface area contributed by atoms with Gasteiger partial charge in [-0.2, -0.15) is 5.10 Å². The molecule has 0 radical (unpaired) electrons. The fourth-order valence-corrected chi connectivity index (χ4v) is 1.39. The van der Waals surface area contributed by atoms with Gasteiger partial charge < -0.3 is 5.11 Å². The summed E-state index contributed by atoms with van der Waals surface area (Å²) in [6.45, 7) is 1.74. The fraction of sp³-hybridized carbons (Fsp3) is 0.375. The molecule has 1 unspecified atom stereocenters. The molecule has 2 N–H and O–H groups in total. The second kappa shape index (κ2) is 4.09. The van der Waals surface area contributed by atoms with Crippen LogP contribution in [0.4, 0.5) is 0 Å². The maximum Gasteiger partial charge on any atom is 0.305 e. The van der Waals surface area contributed by atoms with E-state index in [1.165, 1.54) is 4.68 Å². The number of carboxylic acids is 1. The molecule has 1 atom stereocenters. The molecule has 2 aromatic heterocycles. The molecule has 0 aliphatic rings. The van der Waals surface area contributed by atoms with Crippen LogP contribution in [0, 0.1) is 0 Å². The highest BCUT2D eigenvalue weighted by atomic mass is 16.4. The zero-order chi connectivity index (χ0) is 11.5. The van der Waals surface area contributed by atoms with Gasteiger partial charge in [-0.05, 0) is 17.4 Å². The van der Waals surface area contributed by atoms with Gasteiger partial charge >= 0.3 is 5.97 Å². The monoisotopic (exact) mass is 222 g/mol. The Morgan fingerprint density at radius 2 is 2.50 bits per heavy atom. The van der Waals surface area contributed by atoms with Crippen LogP contribution in [0.1, 0.15) is 19.4 Å². The minimum absolute atomic E-state index is 0.0319. The summed E-state index contributed by atoms with van der Waals surface area (Å²) in [7, 11) is 0. The maximum atomic E-state index is 10.6. The molecule has 0 amide bonds. The van der Waals surface area contributed by atoms with Gasteiger partial charge in [0.25, 0.3) is 0 Å². The minimum atomic E-state index is -0.888. The standard InChI is InChI=1S/C8H10N6O2/c1-5(2-7(15)16)14-8(11-12-13-14)6-3-9-10-4-6/h3-5H,2H2,1H3,(H,9,10)(H,15,16). The molecule has 0 saturated heterocycles. The van der Waals surface area contributed by atoms with Crippen LogP contribution in [-0.4, -0.2) is 41.5 Å². The summed E-state index contributed by atoms with van der Waals surface area (Å²) in [6, 6.07) is -0.308. The number of hydrogen-bond acceptors (Lipinski definition) is 5. The summed E-state index contributed by atoms with van der Waals surface area (Å²) in [5.41, 5.74) is 0.724. The van der Waals surface area contributed by atoms with Gasteiger partial charge in [-0.3, -0.25) is 9.89 Å². The van der Waals surface area contributed by atoms with Crippen LogP contribution in [0.25, 0.3) is 11.4 Å². The first kappa shape index (κ1) is 10.3. The van der Waals surface area contributed by atoms with Crippen molar-refractivity contribution in [1.29, 1.82) is 0 Å². The van der Waals surface area contributed by atoms with Crippen molar-refractivity contribution >= 4 is 5.97 Å². The summed E-state index contributed by atoms with van der Waals surface area (Å²) in [4.78, 5) is 10.6. The highest BCUT2D eigenvalue weighted by Gasteiger charge is 2.17. The molecule has 0 bridgehead atoms. The van der Waals surface area contributed by atoms with E-state index in [0.29, 0.717) is 5.82 Å². The summed E-state index contributed by atoms with van der Waals surface area (Å²) >= 11 is 0. The smallest absolute Gasteiger partial charge is 0.305 e. The molecule has 2 aromatic rings. The van der Waals surface area contributed by atoms with E-state index >= 15 is 0 Å². The summed E-state index contributed by atoms with van der Waals surface area (Å²) in [5.74, 6) is -0.386. The third-order valence-corrected chi connectivity index (χ3v) is 2.14. The zero-order valence-electron chi connectivity index (χ0n) is 8.53. The van der Waals surface area contributed by atoms with Crippen molar-refractivity contribution < 1.29 is 9.90 Å². The fourth-order valence-electron chi connectivity index (χ4n) is 1.39. The Kier molecular flexibility index (Phi) is 2.63. The minimum Gasteiger partial charge on any atom is -0.481 e. The zero-order valence-corrected chi connectivity index (χ0v) is 8.53. The number of carbonyl (C=O) groups is 1. The Labute approximate surface area is 90.3 Å². The Balaban J connectivity index is 2.29. The van der Waals surface area contributed by atoms with Gasteiger partial charge in [-0.1, -0.05) is 0 Å². The van der Waals surface area contributed by atoms with Crippen molar-refractivity contribution in [3.05, 3.63) is 12.4 Å². The first-order valence-electron chi connectivity index (χ1n) is 4.67. The lowest BCUT2D eigenvalue weighted by atomic mass is 10.2. The maximum absolute atomic E-state index is 10.6. The highest BCUT2D eigenvalue weighted by molar-refractivity contribution is 5.67. The molecule has 0 aliphatic carbocycles. The number of rotatable bonds is 4. The molecule has 0 aromatic carbocycles. The highest BCUT2D eigenvalue weighted by Crippen LogP contribution is 2.18. The van der Waals surface area contributed by atoms with E-state index in [4.69, 9.17) is 5.11 Å². The van der Waals surface area contributed by atoms with Crippen LogP contribution < -0.4 is 0 Å². The second-order valence-electron chi connectivity index (χ2n) is 3.38. The first-order valence-corrected chi connectivity index (χ1v) is 4.67. The first-order chi connectivity index (χ1) is 7.68. The predicted molar refractivity (Wildman–Crippen MR) is 52.4 cm³/mol. The average Bonchev–Trinajstić information content (AvgIpc) is 2.87. The average molecular weight is 222 g/mol. The summed E-state index contributed by atoms with van der Waals surface area (Å²) in [6.07, 6.45) is 3.20. The number of tetrazole rings is 1. The van der Waals surface area contributed by atoms with Gasteiger partial charge in [0.2, 0.25) is 0 Å². The number of aromatic nitrogens is 6. The largest absolute Gasteiger partial charge is 0.481 e. The van der Waals surface area contributed by atoms with Crippen LogP contribution >= 0.6 is 0 Å². The Morgan fingerprint density at radius 3 is 3.12 bits per heavy atom. The summed E-state index contributed by atoms with van der Waals surface area (Å²) < 4.78 is 1.47. The normalized spacial score (nSPS) is 12.6. The van der Waals surface area contributed by atoms with E-state index in [0.717, 1.165) is 5.56 Å². The van der Waals surface area contributed by atoms with E-state index in [9.17, 15) is 4.79 Å². The van der Waals surface area contributed by atoms with Crippen molar-refractivity contribution in [3.63, 3.8) is 0 Å². The number of aromatic amines is 1. The molecule has 84 valence electrons. The number of hydrogen-bond donors (Lipinski definition) is 2. The molecule has 8 heteroatoms. The van der Waals surface area contributed by atoms with Gasteiger partial charge in [0.15, 0.2) is 5.82 Å². The van der Waals surface area contributed by atoms with E-state index in [-0.39, 0.29) is 12.5 Å². The Morgan fingerprint density at radius 1 is 1.69 bits per heavy atom. The van der Waals surface area contributed by atoms with Crippen LogP contribution in [0.2, 0.25) is 0 Å². The Hall–Kier alpha value is -2.25. The van der Waals surface area contributed by atoms with Crippen LogP contribution in [-0.2, 0) is 4.79 Å². The van der Waals surface area contributed by atoms with Crippen LogP contribution in [0.3, 0.4) is 0 Å². The van der Waals surface area contributed by atoms with Gasteiger partial charge in [0.05, 0.1) is 24.2 Å². The topological polar surface area (TPSA) is 110 Å². The Bertz CT molecular complexity index is 476. The van der Waals surface area contributed by atoms with Crippen molar-refractivity contribution in [2.24, 2.45) is 0 Å². The lowest BCUT2D eigenvalue weighted by Gasteiger charge is -2.09. The predicted octanol–water partition coefficient (Wildman–Crippen LogP) is 0.0989. The van der Waals surface area contributed by atoms with Crippen LogP contribution in [0.5, 0.6) is 0 Å². The molecule has 16 heavy (non-hydrogen) atoms. The lowest BCUT2D eigenvalue weighted by Crippen LogP contribution is -2.13. The van der Waals surface area contributed by atoms with E-state index in [2.05, 4.69) is 25.7 Å². The lowest BCUT2D eigenvalue weighted by molar-refractivity contribution is -0.137. The third kappa shape index (κ3) is 1.90. The van der Waals surface area contributed by atoms with Crippen LogP contribution in [0.15, 0.2) is 12.4 Å². The molecule has 0 aliphatic heterocycles. The van der Waals surface area contributed by atoms with Crippen molar-refractivity contribution in [1.82, 2.24) is 30.4 Å². The third-order valence-electron chi connectivity index (χ3n) is 2.14. The van der Waals surface area contributed by atoms with Crippen molar-refractivity contribution in [3.8, 4) is 11.4 Å².